The van der Waals surface area contributed by atoms with Crippen molar-refractivity contribution in [3.8, 4) is 0 Å². The maximum atomic E-state index is 11.3. The molecule has 0 amide bonds. The van der Waals surface area contributed by atoms with E-state index in [4.69, 9.17) is 0 Å². The number of aromatic nitrogens is 2. The molecule has 0 aliphatic rings. The van der Waals surface area contributed by atoms with Gasteiger partial charge in [0.1, 0.15) is 0 Å². The molecule has 0 saturated carbocycles. The first kappa shape index (κ1) is 13.1. The fraction of sp³-hybridized carbons (Fsp3) is 0.385. The molecule has 18 heavy (non-hydrogen) atoms. The number of benzene rings is 1. The van der Waals surface area contributed by atoms with E-state index in [2.05, 4.69) is 28.0 Å². The van der Waals surface area contributed by atoms with Crippen molar-refractivity contribution in [1.29, 1.82) is 0 Å². The molecule has 0 aliphatic carbocycles. The van der Waals surface area contributed by atoms with E-state index < -0.39 is 5.97 Å². The van der Waals surface area contributed by atoms with Crippen LogP contribution >= 0.6 is 15.9 Å². The van der Waals surface area contributed by atoms with Crippen molar-refractivity contribution in [3.05, 3.63) is 29.0 Å². The number of aryl methyl sites for hydroxylation is 2. The number of halogens is 1. The Morgan fingerprint density at radius 2 is 2.22 bits per heavy atom. The molecule has 1 aromatic carbocycles. The van der Waals surface area contributed by atoms with Crippen molar-refractivity contribution in [2.45, 2.75) is 25.1 Å². The Bertz CT molecular complexity index is 605. The van der Waals surface area contributed by atoms with Crippen molar-refractivity contribution in [2.24, 2.45) is 7.05 Å². The molecule has 0 bridgehead atoms. The zero-order valence-corrected chi connectivity index (χ0v) is 12.0. The normalized spacial score (nSPS) is 11.1. The molecule has 0 spiro atoms. The quantitative estimate of drug-likeness (QED) is 0.883. The van der Waals surface area contributed by atoms with Crippen LogP contribution in [0.25, 0.3) is 10.9 Å². The summed E-state index contributed by atoms with van der Waals surface area (Å²) in [5.41, 5.74) is 3.09. The lowest BCUT2D eigenvalue weighted by Crippen LogP contribution is -2.01. The van der Waals surface area contributed by atoms with Crippen LogP contribution in [-0.4, -0.2) is 20.9 Å². The van der Waals surface area contributed by atoms with Gasteiger partial charge in [-0.05, 0) is 24.1 Å². The Morgan fingerprint density at radius 1 is 1.50 bits per heavy atom. The lowest BCUT2D eigenvalue weighted by molar-refractivity contribution is 0.0696. The van der Waals surface area contributed by atoms with Gasteiger partial charge in [-0.2, -0.15) is 5.10 Å². The number of rotatable bonds is 4. The molecular formula is C13H15BrN2O2. The van der Waals surface area contributed by atoms with Crippen LogP contribution < -0.4 is 0 Å². The van der Waals surface area contributed by atoms with Gasteiger partial charge in [0.15, 0.2) is 0 Å². The zero-order valence-electron chi connectivity index (χ0n) is 10.4. The van der Waals surface area contributed by atoms with Crippen LogP contribution in [0.1, 0.15) is 35.0 Å². The largest absolute Gasteiger partial charge is 0.478 e. The SMILES string of the molecule is CCCc1nn(C)c2cc(CBr)c(C(=O)O)cc12. The summed E-state index contributed by atoms with van der Waals surface area (Å²) < 4.78 is 1.82. The van der Waals surface area contributed by atoms with Gasteiger partial charge in [0.05, 0.1) is 16.8 Å². The third-order valence-electron chi connectivity index (χ3n) is 3.01. The molecule has 1 heterocycles. The van der Waals surface area contributed by atoms with Crippen molar-refractivity contribution < 1.29 is 9.90 Å². The number of alkyl halides is 1. The fourth-order valence-corrected chi connectivity index (χ4v) is 2.61. The second kappa shape index (κ2) is 5.10. The lowest BCUT2D eigenvalue weighted by atomic mass is 10.0. The molecule has 0 unspecified atom stereocenters. The maximum absolute atomic E-state index is 11.3. The molecule has 0 fully saturated rings. The lowest BCUT2D eigenvalue weighted by Gasteiger charge is -2.04. The molecule has 0 radical (unpaired) electrons. The number of carboxylic acids is 1. The van der Waals surface area contributed by atoms with Crippen molar-refractivity contribution in [1.82, 2.24) is 9.78 Å². The van der Waals surface area contributed by atoms with E-state index in [1.807, 2.05) is 17.8 Å². The summed E-state index contributed by atoms with van der Waals surface area (Å²) in [5, 5.41) is 15.2. The summed E-state index contributed by atoms with van der Waals surface area (Å²) >= 11 is 3.33. The third kappa shape index (κ3) is 2.14. The molecule has 0 atom stereocenters. The number of carboxylic acid groups (broad SMARTS) is 1. The Labute approximate surface area is 114 Å². The van der Waals surface area contributed by atoms with Gasteiger partial charge in [0, 0.05) is 17.8 Å². The summed E-state index contributed by atoms with van der Waals surface area (Å²) in [6.07, 6.45) is 1.86. The molecule has 5 heteroatoms. The minimum absolute atomic E-state index is 0.352. The monoisotopic (exact) mass is 310 g/mol. The summed E-state index contributed by atoms with van der Waals surface area (Å²) in [5.74, 6) is -0.891. The van der Waals surface area contributed by atoms with Crippen LogP contribution in [-0.2, 0) is 18.8 Å². The van der Waals surface area contributed by atoms with E-state index in [1.165, 1.54) is 0 Å². The number of hydrogen-bond acceptors (Lipinski definition) is 2. The first-order valence-corrected chi connectivity index (χ1v) is 6.98. The molecule has 0 saturated heterocycles. The number of carbonyl (C=O) groups is 1. The predicted octanol–water partition coefficient (Wildman–Crippen LogP) is 3.12. The van der Waals surface area contributed by atoms with E-state index in [9.17, 15) is 9.90 Å². The number of hydrogen-bond donors (Lipinski definition) is 1. The highest BCUT2D eigenvalue weighted by Gasteiger charge is 2.15. The molecule has 1 N–H and O–H groups in total. The molecule has 4 nitrogen and oxygen atoms in total. The predicted molar refractivity (Wildman–Crippen MR) is 74.3 cm³/mol. The standard InChI is InChI=1S/C13H15BrN2O2/c1-3-4-11-10-6-9(13(17)18)8(7-14)5-12(10)16(2)15-11/h5-6H,3-4,7H2,1-2H3,(H,17,18). The van der Waals surface area contributed by atoms with E-state index in [-0.39, 0.29) is 0 Å². The summed E-state index contributed by atoms with van der Waals surface area (Å²) in [7, 11) is 1.89. The minimum atomic E-state index is -0.891. The smallest absolute Gasteiger partial charge is 0.336 e. The summed E-state index contributed by atoms with van der Waals surface area (Å²) in [6, 6.07) is 3.64. The van der Waals surface area contributed by atoms with Crippen LogP contribution in [0.5, 0.6) is 0 Å². The van der Waals surface area contributed by atoms with Crippen LogP contribution in [0.3, 0.4) is 0 Å². The maximum Gasteiger partial charge on any atom is 0.336 e. The van der Waals surface area contributed by atoms with Gasteiger partial charge in [-0.1, -0.05) is 29.3 Å². The molecule has 96 valence electrons. The van der Waals surface area contributed by atoms with E-state index in [0.29, 0.717) is 10.9 Å². The van der Waals surface area contributed by atoms with Gasteiger partial charge in [-0.3, -0.25) is 4.68 Å². The van der Waals surface area contributed by atoms with Gasteiger partial charge in [-0.25, -0.2) is 4.79 Å². The highest BCUT2D eigenvalue weighted by atomic mass is 79.9. The van der Waals surface area contributed by atoms with Crippen molar-refractivity contribution in [2.75, 3.05) is 0 Å². The molecular weight excluding hydrogens is 296 g/mol. The van der Waals surface area contributed by atoms with Crippen molar-refractivity contribution >= 4 is 32.8 Å². The van der Waals surface area contributed by atoms with Crippen LogP contribution in [0.2, 0.25) is 0 Å². The van der Waals surface area contributed by atoms with Crippen LogP contribution in [0, 0.1) is 0 Å². The number of aromatic carboxylic acids is 1. The molecule has 0 aliphatic heterocycles. The fourth-order valence-electron chi connectivity index (χ4n) is 2.15. The highest BCUT2D eigenvalue weighted by molar-refractivity contribution is 9.08. The first-order chi connectivity index (χ1) is 8.58. The topological polar surface area (TPSA) is 55.1 Å². The van der Waals surface area contributed by atoms with Crippen LogP contribution in [0.4, 0.5) is 0 Å². The Hall–Kier alpha value is -1.36. The third-order valence-corrected chi connectivity index (χ3v) is 3.62. The second-order valence-electron chi connectivity index (χ2n) is 4.29. The highest BCUT2D eigenvalue weighted by Crippen LogP contribution is 2.25. The second-order valence-corrected chi connectivity index (χ2v) is 4.85. The molecule has 1 aromatic heterocycles. The molecule has 2 aromatic rings. The average molecular weight is 311 g/mol. The van der Waals surface area contributed by atoms with Gasteiger partial charge < -0.3 is 5.11 Å². The average Bonchev–Trinajstić information content (AvgIpc) is 2.65. The van der Waals surface area contributed by atoms with E-state index >= 15 is 0 Å². The Balaban J connectivity index is 2.72. The Kier molecular flexibility index (Phi) is 3.71. The van der Waals surface area contributed by atoms with Gasteiger partial charge in [0.25, 0.3) is 0 Å². The number of fused-ring (bicyclic) bond motifs is 1. The number of nitrogens with zero attached hydrogens (tertiary/aromatic N) is 2. The van der Waals surface area contributed by atoms with Crippen molar-refractivity contribution in [3.63, 3.8) is 0 Å². The summed E-state index contributed by atoms with van der Waals surface area (Å²) in [6.45, 7) is 2.09. The Morgan fingerprint density at radius 3 is 2.78 bits per heavy atom. The van der Waals surface area contributed by atoms with Gasteiger partial charge in [-0.15, -0.1) is 0 Å². The van der Waals surface area contributed by atoms with Gasteiger partial charge in [0.2, 0.25) is 0 Å². The summed E-state index contributed by atoms with van der Waals surface area (Å²) in [4.78, 5) is 11.3. The zero-order chi connectivity index (χ0) is 13.3. The van der Waals surface area contributed by atoms with E-state index in [0.717, 1.165) is 35.0 Å². The first-order valence-electron chi connectivity index (χ1n) is 5.86. The van der Waals surface area contributed by atoms with Crippen LogP contribution in [0.15, 0.2) is 12.1 Å². The van der Waals surface area contributed by atoms with E-state index in [1.54, 1.807) is 6.07 Å². The minimum Gasteiger partial charge on any atom is -0.478 e. The van der Waals surface area contributed by atoms with Gasteiger partial charge >= 0.3 is 5.97 Å². The molecule has 2 rings (SSSR count).